The Morgan fingerprint density at radius 1 is 1.00 bits per heavy atom. The van der Waals surface area contributed by atoms with Crippen molar-refractivity contribution in [2.24, 2.45) is 0 Å². The maximum absolute atomic E-state index is 12.2. The predicted molar refractivity (Wildman–Crippen MR) is 90.8 cm³/mol. The second kappa shape index (κ2) is 4.60. The summed E-state index contributed by atoms with van der Waals surface area (Å²) in [5.74, 6) is -0.216. The van der Waals surface area contributed by atoms with Crippen molar-refractivity contribution in [3.8, 4) is 0 Å². The highest BCUT2D eigenvalue weighted by atomic mass is 16.5. The zero-order valence-electron chi connectivity index (χ0n) is 13.8. The SMILES string of the molecule is CC1(c2ccccc2)CC(C)(C)N2COC(=O)c3cccc1c32. The molecule has 1 unspecified atom stereocenters. The molecule has 2 aliphatic heterocycles. The third-order valence-electron chi connectivity index (χ3n) is 5.37. The topological polar surface area (TPSA) is 29.5 Å². The molecule has 0 aromatic heterocycles. The van der Waals surface area contributed by atoms with E-state index >= 15 is 0 Å². The van der Waals surface area contributed by atoms with E-state index in [-0.39, 0.29) is 16.9 Å². The number of hydrogen-bond donors (Lipinski definition) is 0. The molecule has 0 spiro atoms. The van der Waals surface area contributed by atoms with E-state index in [1.807, 2.05) is 18.2 Å². The molecule has 0 saturated heterocycles. The van der Waals surface area contributed by atoms with Crippen molar-refractivity contribution in [1.82, 2.24) is 0 Å². The van der Waals surface area contributed by atoms with E-state index in [2.05, 4.69) is 56.0 Å². The van der Waals surface area contributed by atoms with Gasteiger partial charge in [-0.25, -0.2) is 4.79 Å². The molecule has 118 valence electrons. The number of esters is 1. The van der Waals surface area contributed by atoms with Crippen LogP contribution < -0.4 is 4.90 Å². The Hall–Kier alpha value is -2.29. The number of anilines is 1. The summed E-state index contributed by atoms with van der Waals surface area (Å²) in [5, 5.41) is 0. The Balaban J connectivity index is 2.02. The van der Waals surface area contributed by atoms with Crippen molar-refractivity contribution in [2.45, 2.75) is 38.1 Å². The van der Waals surface area contributed by atoms with E-state index in [4.69, 9.17) is 4.74 Å². The number of ether oxygens (including phenoxy) is 1. The van der Waals surface area contributed by atoms with E-state index in [9.17, 15) is 4.79 Å². The molecule has 2 aromatic rings. The van der Waals surface area contributed by atoms with Gasteiger partial charge in [-0.15, -0.1) is 0 Å². The number of rotatable bonds is 1. The molecule has 0 saturated carbocycles. The van der Waals surface area contributed by atoms with Crippen LogP contribution in [0.3, 0.4) is 0 Å². The molecule has 2 heterocycles. The van der Waals surface area contributed by atoms with Crippen LogP contribution in [0, 0.1) is 0 Å². The average Bonchev–Trinajstić information content (AvgIpc) is 2.54. The smallest absolute Gasteiger partial charge is 0.341 e. The molecule has 3 nitrogen and oxygen atoms in total. The highest BCUT2D eigenvalue weighted by Crippen LogP contribution is 2.52. The number of cyclic esters (lactones) is 1. The first-order valence-electron chi connectivity index (χ1n) is 8.07. The highest BCUT2D eigenvalue weighted by molar-refractivity contribution is 5.99. The Labute approximate surface area is 136 Å². The van der Waals surface area contributed by atoms with Crippen LogP contribution in [0.1, 0.15) is 48.7 Å². The summed E-state index contributed by atoms with van der Waals surface area (Å²) in [6.45, 7) is 7.08. The van der Waals surface area contributed by atoms with Crippen LogP contribution in [-0.4, -0.2) is 18.2 Å². The van der Waals surface area contributed by atoms with Crippen LogP contribution in [0.15, 0.2) is 48.5 Å². The normalized spacial score (nSPS) is 24.8. The molecule has 23 heavy (non-hydrogen) atoms. The van der Waals surface area contributed by atoms with Gasteiger partial charge in [0.2, 0.25) is 0 Å². The Bertz CT molecular complexity index is 781. The van der Waals surface area contributed by atoms with Crippen LogP contribution in [0.2, 0.25) is 0 Å². The zero-order chi connectivity index (χ0) is 16.2. The van der Waals surface area contributed by atoms with E-state index in [0.29, 0.717) is 12.3 Å². The van der Waals surface area contributed by atoms with Crippen molar-refractivity contribution in [3.05, 3.63) is 65.2 Å². The summed E-state index contributed by atoms with van der Waals surface area (Å²) in [7, 11) is 0. The molecule has 0 N–H and O–H groups in total. The molecule has 0 amide bonds. The lowest BCUT2D eigenvalue weighted by Gasteiger charge is -2.53. The number of carbonyl (C=O) groups is 1. The third-order valence-corrected chi connectivity index (χ3v) is 5.37. The number of benzene rings is 2. The lowest BCUT2D eigenvalue weighted by atomic mass is 9.64. The fraction of sp³-hybridized carbons (Fsp3) is 0.350. The maximum atomic E-state index is 12.2. The first kappa shape index (κ1) is 14.3. The van der Waals surface area contributed by atoms with Crippen molar-refractivity contribution in [3.63, 3.8) is 0 Å². The fourth-order valence-corrected chi connectivity index (χ4v) is 4.31. The predicted octanol–water partition coefficient (Wildman–Crippen LogP) is 4.11. The average molecular weight is 307 g/mol. The second-order valence-corrected chi connectivity index (χ2v) is 7.38. The molecule has 0 aliphatic carbocycles. The monoisotopic (exact) mass is 307 g/mol. The van der Waals surface area contributed by atoms with Crippen LogP contribution >= 0.6 is 0 Å². The zero-order valence-corrected chi connectivity index (χ0v) is 13.8. The number of carbonyl (C=O) groups excluding carboxylic acids is 1. The summed E-state index contributed by atoms with van der Waals surface area (Å²) in [6.07, 6.45) is 0.970. The van der Waals surface area contributed by atoms with Crippen molar-refractivity contribution < 1.29 is 9.53 Å². The molecular formula is C20H21NO2. The van der Waals surface area contributed by atoms with E-state index in [0.717, 1.165) is 12.1 Å². The number of para-hydroxylation sites is 1. The first-order chi connectivity index (χ1) is 10.9. The van der Waals surface area contributed by atoms with Gasteiger partial charge in [0.25, 0.3) is 0 Å². The van der Waals surface area contributed by atoms with Crippen LogP contribution in [-0.2, 0) is 10.2 Å². The molecular weight excluding hydrogens is 286 g/mol. The van der Waals surface area contributed by atoms with Gasteiger partial charge in [0.1, 0.15) is 0 Å². The van der Waals surface area contributed by atoms with Gasteiger partial charge < -0.3 is 9.64 Å². The van der Waals surface area contributed by atoms with Gasteiger partial charge in [0, 0.05) is 11.0 Å². The molecule has 2 aromatic carbocycles. The largest absolute Gasteiger partial charge is 0.441 e. The van der Waals surface area contributed by atoms with Gasteiger partial charge in [-0.1, -0.05) is 49.4 Å². The van der Waals surface area contributed by atoms with E-state index < -0.39 is 0 Å². The minimum atomic E-state index is -0.216. The van der Waals surface area contributed by atoms with Gasteiger partial charge in [0.15, 0.2) is 6.73 Å². The summed E-state index contributed by atoms with van der Waals surface area (Å²) < 4.78 is 5.39. The molecule has 4 rings (SSSR count). The van der Waals surface area contributed by atoms with Crippen molar-refractivity contribution >= 4 is 11.7 Å². The Morgan fingerprint density at radius 2 is 1.74 bits per heavy atom. The number of nitrogens with zero attached hydrogens (tertiary/aromatic N) is 1. The van der Waals surface area contributed by atoms with E-state index in [1.165, 1.54) is 11.1 Å². The van der Waals surface area contributed by atoms with E-state index in [1.54, 1.807) is 0 Å². The molecule has 2 aliphatic rings. The second-order valence-electron chi connectivity index (χ2n) is 7.38. The van der Waals surface area contributed by atoms with Gasteiger partial charge in [0.05, 0.1) is 11.3 Å². The Kier molecular flexibility index (Phi) is 2.87. The molecule has 0 fully saturated rings. The summed E-state index contributed by atoms with van der Waals surface area (Å²) in [6, 6.07) is 16.6. The fourth-order valence-electron chi connectivity index (χ4n) is 4.31. The lowest BCUT2D eigenvalue weighted by Crippen LogP contribution is -2.56. The Morgan fingerprint density at radius 3 is 2.48 bits per heavy atom. The van der Waals surface area contributed by atoms with Gasteiger partial charge in [-0.3, -0.25) is 0 Å². The van der Waals surface area contributed by atoms with Crippen molar-refractivity contribution in [2.75, 3.05) is 11.6 Å². The summed E-state index contributed by atoms with van der Waals surface area (Å²) in [5.41, 5.74) is 4.03. The standard InChI is InChI=1S/C20H21NO2/c1-19(2)12-20(3,14-8-5-4-6-9-14)16-11-7-10-15-17(16)21(19)13-23-18(15)22/h4-11H,12-13H2,1-3H3. The summed E-state index contributed by atoms with van der Waals surface area (Å²) >= 11 is 0. The van der Waals surface area contributed by atoms with Gasteiger partial charge in [-0.2, -0.15) is 0 Å². The third kappa shape index (κ3) is 1.92. The van der Waals surface area contributed by atoms with Gasteiger partial charge in [-0.05, 0) is 37.5 Å². The van der Waals surface area contributed by atoms with Crippen LogP contribution in [0.25, 0.3) is 0 Å². The first-order valence-corrected chi connectivity index (χ1v) is 8.07. The maximum Gasteiger partial charge on any atom is 0.341 e. The van der Waals surface area contributed by atoms with Gasteiger partial charge >= 0.3 is 5.97 Å². The number of hydrogen-bond acceptors (Lipinski definition) is 3. The molecule has 0 radical (unpaired) electrons. The lowest BCUT2D eigenvalue weighted by molar-refractivity contribution is 0.0440. The highest BCUT2D eigenvalue weighted by Gasteiger charge is 2.48. The molecule has 1 atom stereocenters. The minimum Gasteiger partial charge on any atom is -0.441 e. The van der Waals surface area contributed by atoms with Crippen molar-refractivity contribution in [1.29, 1.82) is 0 Å². The molecule has 0 bridgehead atoms. The molecule has 3 heteroatoms. The minimum absolute atomic E-state index is 0.0889. The van der Waals surface area contributed by atoms with Crippen LogP contribution in [0.5, 0.6) is 0 Å². The quantitative estimate of drug-likeness (QED) is 0.743. The van der Waals surface area contributed by atoms with Crippen LogP contribution in [0.4, 0.5) is 5.69 Å². The summed E-state index contributed by atoms with van der Waals surface area (Å²) in [4.78, 5) is 14.5.